The fraction of sp³-hybridized carbons (Fsp3) is 0.500. The quantitative estimate of drug-likeness (QED) is 0.721. The summed E-state index contributed by atoms with van der Waals surface area (Å²) in [5.41, 5.74) is 2.42. The Labute approximate surface area is 191 Å². The molecule has 6 nitrogen and oxygen atoms in total. The molecule has 2 aromatic rings. The van der Waals surface area contributed by atoms with Crippen molar-refractivity contribution in [2.24, 2.45) is 5.92 Å². The number of hydrogen-bond acceptors (Lipinski definition) is 5. The van der Waals surface area contributed by atoms with E-state index in [9.17, 15) is 4.79 Å². The van der Waals surface area contributed by atoms with Gasteiger partial charge in [-0.25, -0.2) is 0 Å². The fourth-order valence-electron chi connectivity index (χ4n) is 5.00. The third-order valence-electron chi connectivity index (χ3n) is 6.97. The van der Waals surface area contributed by atoms with Crippen LogP contribution in [-0.4, -0.2) is 69.2 Å². The second-order valence-electron chi connectivity index (χ2n) is 9.02. The zero-order valence-electron chi connectivity index (χ0n) is 19.4. The van der Waals surface area contributed by atoms with Gasteiger partial charge in [0.15, 0.2) is 0 Å². The molecule has 0 bridgehead atoms. The van der Waals surface area contributed by atoms with Gasteiger partial charge in [-0.15, -0.1) is 0 Å². The number of nitrogens with one attached hydrogen (secondary N) is 1. The maximum Gasteiger partial charge on any atom is 0.226 e. The number of ether oxygens (including phenoxy) is 2. The van der Waals surface area contributed by atoms with Crippen LogP contribution in [0.3, 0.4) is 0 Å². The lowest BCUT2D eigenvalue weighted by Gasteiger charge is -2.35. The van der Waals surface area contributed by atoms with Crippen LogP contribution in [0.1, 0.15) is 29.9 Å². The molecule has 1 heterocycles. The zero-order valence-corrected chi connectivity index (χ0v) is 19.4. The van der Waals surface area contributed by atoms with Crippen LogP contribution in [0.4, 0.5) is 0 Å². The predicted molar refractivity (Wildman–Crippen MR) is 126 cm³/mol. The largest absolute Gasteiger partial charge is 0.497 e. The molecule has 1 aliphatic carbocycles. The fourth-order valence-corrected chi connectivity index (χ4v) is 5.00. The Bertz CT molecular complexity index is 893. The standard InChI is InChI=1S/C26H35N3O3/c1-28-11-13-29(14-12-28)26(30)25-17-21(27-18-19-5-4-6-23(15-19)32-3)16-24(25)20-7-9-22(31-2)10-8-20/h4-10,15,21,24-25,27H,11-14,16-18H2,1-3H3/t21-,24+,25-/m0/s1. The van der Waals surface area contributed by atoms with Crippen molar-refractivity contribution < 1.29 is 14.3 Å². The molecule has 2 aromatic carbocycles. The van der Waals surface area contributed by atoms with Gasteiger partial charge in [0, 0.05) is 44.7 Å². The number of nitrogens with zero attached hydrogens (tertiary/aromatic N) is 2. The van der Waals surface area contributed by atoms with Gasteiger partial charge in [-0.1, -0.05) is 24.3 Å². The number of methoxy groups -OCH3 is 2. The van der Waals surface area contributed by atoms with Crippen LogP contribution in [0.15, 0.2) is 48.5 Å². The number of likely N-dealkylation sites (N-methyl/N-ethyl adjacent to an activating group) is 1. The van der Waals surface area contributed by atoms with Crippen LogP contribution in [-0.2, 0) is 11.3 Å². The highest BCUT2D eigenvalue weighted by Gasteiger charge is 2.41. The maximum atomic E-state index is 13.6. The second kappa shape index (κ2) is 10.4. The molecule has 1 amide bonds. The van der Waals surface area contributed by atoms with E-state index in [1.165, 1.54) is 11.1 Å². The number of hydrogen-bond donors (Lipinski definition) is 1. The van der Waals surface area contributed by atoms with Gasteiger partial charge in [-0.05, 0) is 61.2 Å². The van der Waals surface area contributed by atoms with E-state index < -0.39 is 0 Å². The lowest BCUT2D eigenvalue weighted by molar-refractivity contribution is -0.137. The Kier molecular flexibility index (Phi) is 7.33. The summed E-state index contributed by atoms with van der Waals surface area (Å²) in [6.45, 7) is 4.31. The highest BCUT2D eigenvalue weighted by atomic mass is 16.5. The van der Waals surface area contributed by atoms with Crippen molar-refractivity contribution in [3.8, 4) is 11.5 Å². The van der Waals surface area contributed by atoms with Crippen LogP contribution >= 0.6 is 0 Å². The summed E-state index contributed by atoms with van der Waals surface area (Å²) in [5, 5.41) is 3.71. The van der Waals surface area contributed by atoms with Gasteiger partial charge in [0.05, 0.1) is 14.2 Å². The number of amides is 1. The first-order valence-corrected chi connectivity index (χ1v) is 11.5. The molecule has 172 valence electrons. The molecule has 0 aromatic heterocycles. The summed E-state index contributed by atoms with van der Waals surface area (Å²) in [7, 11) is 5.50. The van der Waals surface area contributed by atoms with Gasteiger partial charge in [0.2, 0.25) is 5.91 Å². The molecule has 0 radical (unpaired) electrons. The SMILES string of the molecule is COc1ccc([C@H]2C[C@H](NCc3cccc(OC)c3)C[C@@H]2C(=O)N2CCN(C)CC2)cc1. The Morgan fingerprint density at radius 2 is 1.69 bits per heavy atom. The first-order valence-electron chi connectivity index (χ1n) is 11.5. The van der Waals surface area contributed by atoms with Crippen molar-refractivity contribution in [2.45, 2.75) is 31.3 Å². The van der Waals surface area contributed by atoms with Gasteiger partial charge in [0.25, 0.3) is 0 Å². The Balaban J connectivity index is 1.48. The smallest absolute Gasteiger partial charge is 0.226 e. The van der Waals surface area contributed by atoms with Crippen LogP contribution in [0, 0.1) is 5.92 Å². The molecular formula is C26H35N3O3. The zero-order chi connectivity index (χ0) is 22.5. The van der Waals surface area contributed by atoms with E-state index in [-0.39, 0.29) is 11.8 Å². The minimum atomic E-state index is 0.00890. The second-order valence-corrected chi connectivity index (χ2v) is 9.02. The van der Waals surface area contributed by atoms with Crippen LogP contribution in [0.5, 0.6) is 11.5 Å². The number of piperazine rings is 1. The molecule has 1 N–H and O–H groups in total. The number of carbonyl (C=O) groups excluding carboxylic acids is 1. The molecule has 0 unspecified atom stereocenters. The molecule has 1 saturated carbocycles. The van der Waals surface area contributed by atoms with Gasteiger partial charge < -0.3 is 24.6 Å². The van der Waals surface area contributed by atoms with Crippen LogP contribution < -0.4 is 14.8 Å². The van der Waals surface area contributed by atoms with Crippen molar-refractivity contribution in [3.05, 3.63) is 59.7 Å². The topological polar surface area (TPSA) is 54.0 Å². The number of benzene rings is 2. The van der Waals surface area contributed by atoms with Crippen molar-refractivity contribution in [1.29, 1.82) is 0 Å². The van der Waals surface area contributed by atoms with E-state index in [1.807, 2.05) is 24.3 Å². The Hall–Kier alpha value is -2.57. The highest BCUT2D eigenvalue weighted by molar-refractivity contribution is 5.80. The molecule has 2 aliphatic rings. The average molecular weight is 438 g/mol. The maximum absolute atomic E-state index is 13.6. The number of rotatable bonds is 7. The Morgan fingerprint density at radius 1 is 0.969 bits per heavy atom. The van der Waals surface area contributed by atoms with E-state index in [0.717, 1.165) is 57.1 Å². The highest BCUT2D eigenvalue weighted by Crippen LogP contribution is 2.41. The average Bonchev–Trinajstić information content (AvgIpc) is 3.27. The molecular weight excluding hydrogens is 402 g/mol. The van der Waals surface area contributed by atoms with Crippen molar-refractivity contribution >= 4 is 5.91 Å². The van der Waals surface area contributed by atoms with Crippen molar-refractivity contribution in [3.63, 3.8) is 0 Å². The lowest BCUT2D eigenvalue weighted by atomic mass is 9.87. The molecule has 1 aliphatic heterocycles. The molecule has 32 heavy (non-hydrogen) atoms. The van der Waals surface area contributed by atoms with E-state index in [2.05, 4.69) is 46.4 Å². The summed E-state index contributed by atoms with van der Waals surface area (Å²) in [6.07, 6.45) is 1.83. The summed E-state index contributed by atoms with van der Waals surface area (Å²) < 4.78 is 10.7. The molecule has 2 fully saturated rings. The van der Waals surface area contributed by atoms with Gasteiger partial charge in [-0.2, -0.15) is 0 Å². The van der Waals surface area contributed by atoms with Gasteiger partial charge in [-0.3, -0.25) is 4.79 Å². The third-order valence-corrected chi connectivity index (χ3v) is 6.97. The number of carbonyl (C=O) groups is 1. The Morgan fingerprint density at radius 3 is 2.38 bits per heavy atom. The first kappa shape index (κ1) is 22.6. The summed E-state index contributed by atoms with van der Waals surface area (Å²) in [6, 6.07) is 16.7. The van der Waals surface area contributed by atoms with Crippen molar-refractivity contribution in [1.82, 2.24) is 15.1 Å². The molecule has 4 rings (SSSR count). The van der Waals surface area contributed by atoms with E-state index in [1.54, 1.807) is 14.2 Å². The summed E-state index contributed by atoms with van der Waals surface area (Å²) in [4.78, 5) is 17.9. The molecule has 6 heteroatoms. The van der Waals surface area contributed by atoms with Gasteiger partial charge >= 0.3 is 0 Å². The van der Waals surface area contributed by atoms with E-state index in [4.69, 9.17) is 9.47 Å². The first-order chi connectivity index (χ1) is 15.6. The summed E-state index contributed by atoms with van der Waals surface area (Å²) >= 11 is 0. The minimum absolute atomic E-state index is 0.00890. The molecule has 0 spiro atoms. The van der Waals surface area contributed by atoms with Crippen LogP contribution in [0.2, 0.25) is 0 Å². The predicted octanol–water partition coefficient (Wildman–Crippen LogP) is 3.13. The summed E-state index contributed by atoms with van der Waals surface area (Å²) in [5.74, 6) is 2.26. The van der Waals surface area contributed by atoms with E-state index in [0.29, 0.717) is 11.9 Å². The minimum Gasteiger partial charge on any atom is -0.497 e. The molecule has 3 atom stereocenters. The van der Waals surface area contributed by atoms with Gasteiger partial charge in [0.1, 0.15) is 11.5 Å². The molecule has 1 saturated heterocycles. The normalized spacial score (nSPS) is 23.8. The monoisotopic (exact) mass is 437 g/mol. The van der Waals surface area contributed by atoms with Crippen molar-refractivity contribution in [2.75, 3.05) is 47.4 Å². The third kappa shape index (κ3) is 5.25. The van der Waals surface area contributed by atoms with E-state index >= 15 is 0 Å². The lowest BCUT2D eigenvalue weighted by Crippen LogP contribution is -2.49. The van der Waals surface area contributed by atoms with Crippen LogP contribution in [0.25, 0.3) is 0 Å².